The molecule has 138 valence electrons. The van der Waals surface area contributed by atoms with Crippen LogP contribution in [0.15, 0.2) is 42.5 Å². The Morgan fingerprint density at radius 3 is 2.50 bits per heavy atom. The Labute approximate surface area is 157 Å². The van der Waals surface area contributed by atoms with Crippen LogP contribution in [-0.4, -0.2) is 34.9 Å². The third-order valence-electron chi connectivity index (χ3n) is 4.61. The third kappa shape index (κ3) is 3.63. The van der Waals surface area contributed by atoms with Crippen LogP contribution in [0.4, 0.5) is 11.4 Å². The number of halogens is 1. The van der Waals surface area contributed by atoms with Crippen molar-refractivity contribution in [1.82, 2.24) is 4.90 Å². The quantitative estimate of drug-likeness (QED) is 0.485. The van der Waals surface area contributed by atoms with Crippen molar-refractivity contribution < 1.29 is 9.72 Å². The lowest BCUT2D eigenvalue weighted by Gasteiger charge is -2.18. The number of nitro groups is 1. The molecule has 8 heteroatoms. The molecule has 1 saturated heterocycles. The minimum absolute atomic E-state index is 0. The van der Waals surface area contributed by atoms with Gasteiger partial charge in [-0.3, -0.25) is 14.9 Å². The fourth-order valence-electron chi connectivity index (χ4n) is 3.32. The first-order valence-electron chi connectivity index (χ1n) is 8.02. The number of aryl methyl sites for hydroxylation is 1. The lowest BCUT2D eigenvalue weighted by Crippen LogP contribution is -2.32. The van der Waals surface area contributed by atoms with Gasteiger partial charge in [-0.05, 0) is 24.1 Å². The highest BCUT2D eigenvalue weighted by Crippen LogP contribution is 2.31. The maximum atomic E-state index is 12.9. The number of anilines is 1. The molecule has 1 fully saturated rings. The van der Waals surface area contributed by atoms with Crippen molar-refractivity contribution in [3.8, 4) is 0 Å². The second-order valence-electron chi connectivity index (χ2n) is 6.39. The van der Waals surface area contributed by atoms with E-state index in [0.29, 0.717) is 18.7 Å². The predicted octanol–water partition coefficient (Wildman–Crippen LogP) is 2.47. The van der Waals surface area contributed by atoms with Crippen molar-refractivity contribution >= 4 is 29.7 Å². The van der Waals surface area contributed by atoms with Crippen molar-refractivity contribution in [1.29, 1.82) is 0 Å². The van der Waals surface area contributed by atoms with Gasteiger partial charge in [0.15, 0.2) is 0 Å². The molecular weight excluding hydrogens is 356 g/mol. The summed E-state index contributed by atoms with van der Waals surface area (Å²) in [7, 11) is 0. The first-order chi connectivity index (χ1) is 11.9. The highest BCUT2D eigenvalue weighted by atomic mass is 35.5. The van der Waals surface area contributed by atoms with E-state index < -0.39 is 4.92 Å². The number of carbonyl (C=O) groups is 1. The van der Waals surface area contributed by atoms with E-state index in [1.165, 1.54) is 6.07 Å². The molecule has 7 nitrogen and oxygen atoms in total. The Hall–Kier alpha value is -2.64. The average Bonchev–Trinajstić information content (AvgIpc) is 2.98. The number of amides is 1. The van der Waals surface area contributed by atoms with Crippen LogP contribution in [0.25, 0.3) is 0 Å². The molecule has 0 radical (unpaired) electrons. The fraction of sp³-hybridized carbons (Fsp3) is 0.278. The number of nitrogens with zero attached hydrogens (tertiary/aromatic N) is 2. The zero-order chi connectivity index (χ0) is 18.1. The number of hydrogen-bond donors (Lipinski definition) is 2. The van der Waals surface area contributed by atoms with Gasteiger partial charge in [-0.25, -0.2) is 0 Å². The van der Waals surface area contributed by atoms with Gasteiger partial charge in [-0.15, -0.1) is 12.4 Å². The molecule has 0 bridgehead atoms. The number of benzene rings is 2. The van der Waals surface area contributed by atoms with Crippen LogP contribution in [0.2, 0.25) is 0 Å². The third-order valence-corrected chi connectivity index (χ3v) is 4.61. The van der Waals surface area contributed by atoms with Gasteiger partial charge in [0, 0.05) is 31.1 Å². The number of nitro benzene ring substituents is 1. The maximum Gasteiger partial charge on any atom is 0.293 e. The molecular formula is C18H21ClN4O3. The van der Waals surface area contributed by atoms with Gasteiger partial charge in [0.1, 0.15) is 5.69 Å². The zero-order valence-corrected chi connectivity index (χ0v) is 15.1. The summed E-state index contributed by atoms with van der Waals surface area (Å²) in [5.41, 5.74) is 13.6. The van der Waals surface area contributed by atoms with Gasteiger partial charge in [0.05, 0.1) is 10.5 Å². The molecule has 0 aliphatic carbocycles. The van der Waals surface area contributed by atoms with Crippen molar-refractivity contribution in [3.63, 3.8) is 0 Å². The molecule has 3 rings (SSSR count). The number of likely N-dealkylation sites (tertiary alicyclic amines) is 1. The average molecular weight is 377 g/mol. The Balaban J connectivity index is 0.00000243. The van der Waals surface area contributed by atoms with Gasteiger partial charge in [0.25, 0.3) is 11.6 Å². The largest absolute Gasteiger partial charge is 0.393 e. The second kappa shape index (κ2) is 7.72. The molecule has 2 aromatic rings. The Kier molecular flexibility index (Phi) is 5.84. The summed E-state index contributed by atoms with van der Waals surface area (Å²) in [6.07, 6.45) is 0. The smallest absolute Gasteiger partial charge is 0.293 e. The summed E-state index contributed by atoms with van der Waals surface area (Å²) < 4.78 is 0. The van der Waals surface area contributed by atoms with E-state index in [-0.39, 0.29) is 47.2 Å². The molecule has 0 unspecified atom stereocenters. The van der Waals surface area contributed by atoms with E-state index in [1.807, 2.05) is 30.3 Å². The number of nitrogens with two attached hydrogens (primary N) is 2. The van der Waals surface area contributed by atoms with Gasteiger partial charge in [-0.2, -0.15) is 0 Å². The van der Waals surface area contributed by atoms with E-state index in [4.69, 9.17) is 11.5 Å². The summed E-state index contributed by atoms with van der Waals surface area (Å²) in [5, 5.41) is 11.1. The molecule has 0 saturated carbocycles. The topological polar surface area (TPSA) is 115 Å². The summed E-state index contributed by atoms with van der Waals surface area (Å²) in [5.74, 6) is -0.288. The van der Waals surface area contributed by atoms with E-state index in [2.05, 4.69) is 0 Å². The van der Waals surface area contributed by atoms with Gasteiger partial charge in [0.2, 0.25) is 0 Å². The number of carbonyl (C=O) groups excluding carboxylic acids is 1. The summed E-state index contributed by atoms with van der Waals surface area (Å²) in [6, 6.07) is 12.6. The molecule has 26 heavy (non-hydrogen) atoms. The van der Waals surface area contributed by atoms with Gasteiger partial charge in [-0.1, -0.05) is 30.3 Å². The van der Waals surface area contributed by atoms with Crippen LogP contribution < -0.4 is 11.5 Å². The molecule has 2 aromatic carbocycles. The SMILES string of the molecule is Cc1cc(C(=O)N2C[C@@H](N)[C@H](c3ccccc3)C2)c(N)c([N+](=O)[O-])c1.Cl. The summed E-state index contributed by atoms with van der Waals surface area (Å²) in [6.45, 7) is 2.55. The normalized spacial score (nSPS) is 19.1. The van der Waals surface area contributed by atoms with Crippen LogP contribution in [0.5, 0.6) is 0 Å². The van der Waals surface area contributed by atoms with Crippen LogP contribution in [0.1, 0.15) is 27.4 Å². The number of rotatable bonds is 3. The Morgan fingerprint density at radius 2 is 1.88 bits per heavy atom. The molecule has 0 aromatic heterocycles. The van der Waals surface area contributed by atoms with E-state index in [0.717, 1.165) is 5.56 Å². The monoisotopic (exact) mass is 376 g/mol. The highest BCUT2D eigenvalue weighted by Gasteiger charge is 2.35. The van der Waals surface area contributed by atoms with Crippen LogP contribution in [0.3, 0.4) is 0 Å². The van der Waals surface area contributed by atoms with Crippen LogP contribution in [-0.2, 0) is 0 Å². The van der Waals surface area contributed by atoms with Crippen molar-refractivity contribution in [2.45, 2.75) is 18.9 Å². The summed E-state index contributed by atoms with van der Waals surface area (Å²) in [4.78, 5) is 25.1. The molecule has 4 N–H and O–H groups in total. The standard InChI is InChI=1S/C18H20N4O3.ClH/c1-11-7-13(17(20)16(8-11)22(24)25)18(23)21-9-14(15(19)10-21)12-5-3-2-4-6-12;/h2-8,14-15H,9-10,19-20H2,1H3;1H/t14-,15+;/m0./s1. The van der Waals surface area contributed by atoms with Crippen molar-refractivity contribution in [2.75, 3.05) is 18.8 Å². The molecule has 0 spiro atoms. The molecule has 1 aliphatic rings. The van der Waals surface area contributed by atoms with Crippen molar-refractivity contribution in [3.05, 3.63) is 69.3 Å². The molecule has 1 aliphatic heterocycles. The van der Waals surface area contributed by atoms with E-state index in [9.17, 15) is 14.9 Å². The van der Waals surface area contributed by atoms with E-state index >= 15 is 0 Å². The van der Waals surface area contributed by atoms with E-state index in [1.54, 1.807) is 17.9 Å². The highest BCUT2D eigenvalue weighted by molar-refractivity contribution is 6.01. The molecule has 1 heterocycles. The number of nitrogen functional groups attached to an aromatic ring is 1. The first kappa shape index (κ1) is 19.7. The Bertz CT molecular complexity index is 829. The molecule has 1 amide bonds. The van der Waals surface area contributed by atoms with Crippen molar-refractivity contribution in [2.24, 2.45) is 5.73 Å². The predicted molar refractivity (Wildman–Crippen MR) is 103 cm³/mol. The summed E-state index contributed by atoms with van der Waals surface area (Å²) >= 11 is 0. The van der Waals surface area contributed by atoms with Crippen LogP contribution in [0, 0.1) is 17.0 Å². The van der Waals surface area contributed by atoms with Gasteiger partial charge < -0.3 is 16.4 Å². The van der Waals surface area contributed by atoms with Gasteiger partial charge >= 0.3 is 0 Å². The van der Waals surface area contributed by atoms with Crippen LogP contribution >= 0.6 is 12.4 Å². The fourth-order valence-corrected chi connectivity index (χ4v) is 3.32. The lowest BCUT2D eigenvalue weighted by atomic mass is 9.95. The Morgan fingerprint density at radius 1 is 1.23 bits per heavy atom. The maximum absolute atomic E-state index is 12.9. The lowest BCUT2D eigenvalue weighted by molar-refractivity contribution is -0.384. The minimum Gasteiger partial charge on any atom is -0.393 e. The number of hydrogen-bond acceptors (Lipinski definition) is 5. The molecule has 2 atom stereocenters. The second-order valence-corrected chi connectivity index (χ2v) is 6.39. The first-order valence-corrected chi connectivity index (χ1v) is 8.02. The zero-order valence-electron chi connectivity index (χ0n) is 14.3. The minimum atomic E-state index is -0.568.